The first-order valence-electron chi connectivity index (χ1n) is 19.0. The third-order valence-electron chi connectivity index (χ3n) is 11.1. The average molecular weight is 747 g/mol. The lowest BCUT2D eigenvalue weighted by atomic mass is 10.0. The Bertz CT molecular complexity index is 3530. The van der Waals surface area contributed by atoms with E-state index in [1.165, 1.54) is 36.5 Å². The first kappa shape index (κ1) is 31.9. The van der Waals surface area contributed by atoms with Gasteiger partial charge in [0.1, 0.15) is 11.2 Å². The molecule has 0 unspecified atom stereocenters. The highest BCUT2D eigenvalue weighted by atomic mass is 32.1. The van der Waals surface area contributed by atoms with Crippen molar-refractivity contribution in [3.05, 3.63) is 182 Å². The van der Waals surface area contributed by atoms with E-state index in [2.05, 4.69) is 150 Å². The summed E-state index contributed by atoms with van der Waals surface area (Å²) < 4.78 is 11.4. The molecule has 57 heavy (non-hydrogen) atoms. The van der Waals surface area contributed by atoms with Gasteiger partial charge in [0, 0.05) is 64.1 Å². The molecular weight excluding hydrogens is 717 g/mol. The smallest absolute Gasteiger partial charge is 0.164 e. The summed E-state index contributed by atoms with van der Waals surface area (Å²) in [6, 6.07) is 63.9. The maximum atomic E-state index is 6.51. The van der Waals surface area contributed by atoms with E-state index in [1.54, 1.807) is 0 Å². The van der Waals surface area contributed by atoms with Gasteiger partial charge in [0.25, 0.3) is 0 Å². The Hall–Kier alpha value is -7.41. The molecule has 0 saturated heterocycles. The maximum Gasteiger partial charge on any atom is 0.164 e. The number of benzene rings is 8. The molecule has 0 saturated carbocycles. The Morgan fingerprint density at radius 3 is 1.74 bits per heavy atom. The quantitative estimate of drug-likeness (QED) is 0.176. The van der Waals surface area contributed by atoms with Gasteiger partial charge in [-0.25, -0.2) is 15.0 Å². The first-order valence-corrected chi connectivity index (χ1v) is 19.8. The lowest BCUT2D eigenvalue weighted by Crippen LogP contribution is -2.00. The molecule has 0 bridgehead atoms. The second kappa shape index (κ2) is 12.6. The highest BCUT2D eigenvalue weighted by Crippen LogP contribution is 2.39. The molecule has 0 amide bonds. The van der Waals surface area contributed by atoms with Gasteiger partial charge in [-0.1, -0.05) is 115 Å². The van der Waals surface area contributed by atoms with Crippen molar-refractivity contribution in [2.45, 2.75) is 0 Å². The number of hydrogen-bond donors (Lipinski definition) is 0. The molecular formula is C51H30N4OS. The Kier molecular flexibility index (Phi) is 7.03. The number of fused-ring (bicyclic) bond motifs is 9. The van der Waals surface area contributed by atoms with Crippen LogP contribution in [0.4, 0.5) is 0 Å². The number of rotatable bonds is 5. The summed E-state index contributed by atoms with van der Waals surface area (Å²) in [5.41, 5.74) is 10.0. The van der Waals surface area contributed by atoms with Crippen LogP contribution in [0.1, 0.15) is 0 Å². The topological polar surface area (TPSA) is 56.7 Å². The fraction of sp³-hybridized carbons (Fsp3) is 0. The van der Waals surface area contributed by atoms with Gasteiger partial charge < -0.3 is 8.98 Å². The van der Waals surface area contributed by atoms with Crippen molar-refractivity contribution in [1.82, 2.24) is 19.5 Å². The maximum absolute atomic E-state index is 6.51. The zero-order valence-electron chi connectivity index (χ0n) is 30.4. The minimum atomic E-state index is 0.585. The molecule has 0 aliphatic carbocycles. The highest BCUT2D eigenvalue weighted by Gasteiger charge is 2.18. The van der Waals surface area contributed by atoms with Crippen molar-refractivity contribution >= 4 is 75.3 Å². The third kappa shape index (κ3) is 5.19. The van der Waals surface area contributed by atoms with Crippen LogP contribution in [-0.4, -0.2) is 19.5 Å². The van der Waals surface area contributed by atoms with E-state index in [1.807, 2.05) is 47.7 Å². The molecule has 0 atom stereocenters. The number of nitrogens with zero attached hydrogens (tertiary/aromatic N) is 4. The van der Waals surface area contributed by atoms with Crippen LogP contribution in [0.25, 0.3) is 115 Å². The van der Waals surface area contributed by atoms with Crippen LogP contribution in [0.5, 0.6) is 0 Å². The summed E-state index contributed by atoms with van der Waals surface area (Å²) in [4.78, 5) is 15.3. The van der Waals surface area contributed by atoms with Gasteiger partial charge in [0.05, 0.1) is 11.0 Å². The van der Waals surface area contributed by atoms with E-state index in [0.717, 1.165) is 60.9 Å². The Morgan fingerprint density at radius 2 is 0.930 bits per heavy atom. The van der Waals surface area contributed by atoms with Gasteiger partial charge in [-0.15, -0.1) is 11.3 Å². The van der Waals surface area contributed by atoms with E-state index >= 15 is 0 Å². The molecule has 5 nitrogen and oxygen atoms in total. The molecule has 12 rings (SSSR count). The van der Waals surface area contributed by atoms with Gasteiger partial charge in [-0.3, -0.25) is 0 Å². The zero-order chi connectivity index (χ0) is 37.5. The summed E-state index contributed by atoms with van der Waals surface area (Å²) in [5, 5.41) is 7.10. The van der Waals surface area contributed by atoms with Crippen molar-refractivity contribution in [2.75, 3.05) is 0 Å². The lowest BCUT2D eigenvalue weighted by molar-refractivity contribution is 0.669. The van der Waals surface area contributed by atoms with Gasteiger partial charge in [0.2, 0.25) is 0 Å². The Balaban J connectivity index is 0.988. The molecule has 6 heteroatoms. The monoisotopic (exact) mass is 746 g/mol. The van der Waals surface area contributed by atoms with Crippen molar-refractivity contribution in [2.24, 2.45) is 0 Å². The predicted octanol–water partition coefficient (Wildman–Crippen LogP) is 13.9. The molecule has 4 heterocycles. The van der Waals surface area contributed by atoms with Crippen molar-refractivity contribution in [1.29, 1.82) is 0 Å². The number of para-hydroxylation sites is 2. The van der Waals surface area contributed by atoms with Gasteiger partial charge in [-0.05, 0) is 77.9 Å². The van der Waals surface area contributed by atoms with Crippen molar-refractivity contribution < 1.29 is 4.42 Å². The number of aromatic nitrogens is 4. The van der Waals surface area contributed by atoms with E-state index in [-0.39, 0.29) is 0 Å². The standard InChI is InChI=1S/C51H30N4OS/c1-3-11-31(12-4-1)49-52-50(34-19-23-38-37-15-7-9-17-43(37)55(44(38)29-34)36-13-5-2-6-14-36)54-51(53-49)35-20-24-39-41-27-32(21-25-45(41)56-46(39)30-35)33-22-26-48-42(28-33)40-16-8-10-18-47(40)57-48/h1-30H. The molecule has 0 spiro atoms. The van der Waals surface area contributed by atoms with Crippen LogP contribution >= 0.6 is 11.3 Å². The second-order valence-corrected chi connectivity index (χ2v) is 15.5. The summed E-state index contributed by atoms with van der Waals surface area (Å²) in [7, 11) is 0. The van der Waals surface area contributed by atoms with Crippen LogP contribution in [0.15, 0.2) is 186 Å². The van der Waals surface area contributed by atoms with Crippen molar-refractivity contribution in [3.63, 3.8) is 0 Å². The molecule has 8 aromatic carbocycles. The molecule has 266 valence electrons. The molecule has 0 N–H and O–H groups in total. The predicted molar refractivity (Wildman–Crippen MR) is 236 cm³/mol. The van der Waals surface area contributed by atoms with Gasteiger partial charge in [-0.2, -0.15) is 0 Å². The molecule has 0 aliphatic heterocycles. The Labute approximate surface area is 330 Å². The Morgan fingerprint density at radius 1 is 0.351 bits per heavy atom. The summed E-state index contributed by atoms with van der Waals surface area (Å²) in [6.45, 7) is 0. The fourth-order valence-corrected chi connectivity index (χ4v) is 9.40. The fourth-order valence-electron chi connectivity index (χ4n) is 8.32. The first-order chi connectivity index (χ1) is 28.2. The van der Waals surface area contributed by atoms with Crippen LogP contribution in [0.3, 0.4) is 0 Å². The number of thiophene rings is 1. The summed E-state index contributed by atoms with van der Waals surface area (Å²) in [6.07, 6.45) is 0. The number of furan rings is 1. The highest BCUT2D eigenvalue weighted by molar-refractivity contribution is 7.25. The van der Waals surface area contributed by atoms with Gasteiger partial charge >= 0.3 is 0 Å². The SMILES string of the molecule is c1ccc(-c2nc(-c3ccc4c(c3)oc3ccc(-c5ccc6sc7ccccc7c6c5)cc34)nc(-c3ccc4c5ccccc5n(-c5ccccc5)c4c3)n2)cc1. The lowest BCUT2D eigenvalue weighted by Gasteiger charge is -2.10. The molecule has 0 radical (unpaired) electrons. The summed E-state index contributed by atoms with van der Waals surface area (Å²) >= 11 is 1.84. The normalized spacial score (nSPS) is 11.9. The molecule has 0 fully saturated rings. The largest absolute Gasteiger partial charge is 0.456 e. The average Bonchev–Trinajstić information content (AvgIpc) is 3.95. The minimum Gasteiger partial charge on any atom is -0.456 e. The molecule has 12 aromatic rings. The van der Waals surface area contributed by atoms with Crippen molar-refractivity contribution in [3.8, 4) is 51.0 Å². The molecule has 4 aromatic heterocycles. The van der Waals surface area contributed by atoms with Crippen LogP contribution in [-0.2, 0) is 0 Å². The van der Waals surface area contributed by atoms with Gasteiger partial charge in [0.15, 0.2) is 17.5 Å². The van der Waals surface area contributed by atoms with E-state index in [9.17, 15) is 0 Å². The molecule has 0 aliphatic rings. The minimum absolute atomic E-state index is 0.585. The van der Waals surface area contributed by atoms with Crippen LogP contribution < -0.4 is 0 Å². The zero-order valence-corrected chi connectivity index (χ0v) is 31.2. The van der Waals surface area contributed by atoms with E-state index in [0.29, 0.717) is 17.5 Å². The van der Waals surface area contributed by atoms with E-state index < -0.39 is 0 Å². The second-order valence-electron chi connectivity index (χ2n) is 14.4. The van der Waals surface area contributed by atoms with Crippen LogP contribution in [0, 0.1) is 0 Å². The number of hydrogen-bond acceptors (Lipinski definition) is 5. The van der Waals surface area contributed by atoms with Crippen LogP contribution in [0.2, 0.25) is 0 Å². The van der Waals surface area contributed by atoms with E-state index in [4.69, 9.17) is 19.4 Å². The third-order valence-corrected chi connectivity index (χ3v) is 12.2. The summed E-state index contributed by atoms with van der Waals surface area (Å²) in [5.74, 6) is 1.81.